The summed E-state index contributed by atoms with van der Waals surface area (Å²) >= 11 is 0. The van der Waals surface area contributed by atoms with Gasteiger partial charge in [-0.15, -0.1) is 12.4 Å². The highest BCUT2D eigenvalue weighted by atomic mass is 35.5. The van der Waals surface area contributed by atoms with Crippen LogP contribution in [-0.2, 0) is 11.2 Å². The van der Waals surface area contributed by atoms with Crippen molar-refractivity contribution < 1.29 is 9.53 Å². The van der Waals surface area contributed by atoms with Crippen molar-refractivity contribution in [2.75, 3.05) is 33.3 Å². The quantitative estimate of drug-likeness (QED) is 0.905. The van der Waals surface area contributed by atoms with E-state index in [1.807, 2.05) is 23.1 Å². The van der Waals surface area contributed by atoms with Crippen molar-refractivity contribution in [1.29, 1.82) is 0 Å². The number of methoxy groups -OCH3 is 1. The zero-order chi connectivity index (χ0) is 14.4. The second kappa shape index (κ2) is 8.90. The summed E-state index contributed by atoms with van der Waals surface area (Å²) in [5.41, 5.74) is 1.18. The van der Waals surface area contributed by atoms with Gasteiger partial charge in [-0.05, 0) is 24.0 Å². The van der Waals surface area contributed by atoms with E-state index >= 15 is 0 Å². The predicted molar refractivity (Wildman–Crippen MR) is 87.2 cm³/mol. The first-order valence-electron chi connectivity index (χ1n) is 7.31. The Morgan fingerprint density at radius 1 is 1.33 bits per heavy atom. The molecule has 1 unspecified atom stereocenters. The second-order valence-corrected chi connectivity index (χ2v) is 5.46. The van der Waals surface area contributed by atoms with E-state index in [2.05, 4.69) is 18.3 Å². The van der Waals surface area contributed by atoms with E-state index < -0.39 is 0 Å². The Hall–Kier alpha value is -1.26. The van der Waals surface area contributed by atoms with Gasteiger partial charge in [0.05, 0.1) is 7.11 Å². The number of hydrogen-bond acceptors (Lipinski definition) is 3. The molecule has 1 heterocycles. The van der Waals surface area contributed by atoms with Gasteiger partial charge in [-0.2, -0.15) is 0 Å². The van der Waals surface area contributed by atoms with Crippen molar-refractivity contribution in [1.82, 2.24) is 10.2 Å². The van der Waals surface area contributed by atoms with Crippen molar-refractivity contribution in [3.63, 3.8) is 0 Å². The highest BCUT2D eigenvalue weighted by Crippen LogP contribution is 2.22. The van der Waals surface area contributed by atoms with E-state index in [1.54, 1.807) is 7.11 Å². The summed E-state index contributed by atoms with van der Waals surface area (Å²) in [5.74, 6) is 1.51. The first kappa shape index (κ1) is 17.8. The van der Waals surface area contributed by atoms with Gasteiger partial charge in [0.2, 0.25) is 5.91 Å². The molecule has 1 saturated heterocycles. The number of halogens is 1. The zero-order valence-electron chi connectivity index (χ0n) is 12.8. The van der Waals surface area contributed by atoms with Gasteiger partial charge in [0, 0.05) is 32.6 Å². The van der Waals surface area contributed by atoms with Crippen molar-refractivity contribution in [2.45, 2.75) is 19.8 Å². The van der Waals surface area contributed by atoms with E-state index in [-0.39, 0.29) is 18.3 Å². The van der Waals surface area contributed by atoms with Crippen LogP contribution in [-0.4, -0.2) is 44.1 Å². The maximum atomic E-state index is 12.2. The number of benzene rings is 1. The highest BCUT2D eigenvalue weighted by Gasteiger charge is 2.19. The fraction of sp³-hybridized carbons (Fsp3) is 0.562. The smallest absolute Gasteiger partial charge is 0.222 e. The molecule has 1 aromatic rings. The van der Waals surface area contributed by atoms with Gasteiger partial charge in [-0.3, -0.25) is 4.79 Å². The van der Waals surface area contributed by atoms with E-state index in [9.17, 15) is 4.79 Å². The third-order valence-corrected chi connectivity index (χ3v) is 3.75. The summed E-state index contributed by atoms with van der Waals surface area (Å²) in [6, 6.07) is 8.03. The molecule has 118 valence electrons. The second-order valence-electron chi connectivity index (χ2n) is 5.46. The fourth-order valence-electron chi connectivity index (χ4n) is 2.66. The third kappa shape index (κ3) is 5.21. The van der Waals surface area contributed by atoms with Crippen LogP contribution in [0.2, 0.25) is 0 Å². The summed E-state index contributed by atoms with van der Waals surface area (Å²) in [4.78, 5) is 14.2. The molecule has 1 aromatic carbocycles. The Kier molecular flexibility index (Phi) is 7.54. The average Bonchev–Trinajstić information content (AvgIpc) is 2.48. The summed E-state index contributed by atoms with van der Waals surface area (Å²) in [6.07, 6.45) is 1.49. The lowest BCUT2D eigenvalue weighted by molar-refractivity contribution is -0.132. The van der Waals surface area contributed by atoms with Gasteiger partial charge in [0.25, 0.3) is 0 Å². The first-order valence-corrected chi connectivity index (χ1v) is 7.31. The number of carbonyl (C=O) groups is 1. The Balaban J connectivity index is 0.00000220. The summed E-state index contributed by atoms with van der Waals surface area (Å²) in [5, 5.41) is 3.27. The molecule has 0 aromatic heterocycles. The molecule has 21 heavy (non-hydrogen) atoms. The van der Waals surface area contributed by atoms with Crippen LogP contribution >= 0.6 is 12.4 Å². The van der Waals surface area contributed by atoms with Crippen LogP contribution in [0.5, 0.6) is 5.75 Å². The third-order valence-electron chi connectivity index (χ3n) is 3.75. The molecule has 0 radical (unpaired) electrons. The number of carbonyl (C=O) groups excluding carboxylic acids is 1. The number of nitrogens with one attached hydrogen (secondary N) is 1. The van der Waals surface area contributed by atoms with Crippen molar-refractivity contribution in [3.05, 3.63) is 29.8 Å². The molecule has 4 nitrogen and oxygen atoms in total. The number of ether oxygens (including phenoxy) is 1. The maximum Gasteiger partial charge on any atom is 0.222 e. The van der Waals surface area contributed by atoms with Crippen LogP contribution in [0.15, 0.2) is 24.3 Å². The van der Waals surface area contributed by atoms with Crippen LogP contribution in [0.1, 0.15) is 18.9 Å². The van der Waals surface area contributed by atoms with Crippen LogP contribution in [0.3, 0.4) is 0 Å². The van der Waals surface area contributed by atoms with E-state index in [0.717, 1.165) is 38.3 Å². The largest absolute Gasteiger partial charge is 0.496 e. The van der Waals surface area contributed by atoms with Gasteiger partial charge in [0.1, 0.15) is 5.75 Å². The standard InChI is InChI=1S/C16H24N2O2.ClH/c1-13(11-14-5-3-4-6-15(14)20-2)12-16(19)18-9-7-17-8-10-18;/h3-6,13,17H,7-12H2,1-2H3;1H. The number of piperazine rings is 1. The highest BCUT2D eigenvalue weighted by molar-refractivity contribution is 5.85. The zero-order valence-corrected chi connectivity index (χ0v) is 13.6. The molecule has 0 aliphatic carbocycles. The molecular formula is C16H25ClN2O2. The SMILES string of the molecule is COc1ccccc1CC(C)CC(=O)N1CCNCC1.Cl. The minimum atomic E-state index is 0. The van der Waals surface area contributed by atoms with Gasteiger partial charge < -0.3 is 15.0 Å². The molecule has 1 aliphatic heterocycles. The molecule has 0 spiro atoms. The van der Waals surface area contributed by atoms with Gasteiger partial charge >= 0.3 is 0 Å². The Morgan fingerprint density at radius 3 is 2.67 bits per heavy atom. The summed E-state index contributed by atoms with van der Waals surface area (Å²) < 4.78 is 5.36. The molecule has 0 bridgehead atoms. The molecule has 1 N–H and O–H groups in total. The number of amides is 1. The van der Waals surface area contributed by atoms with Crippen LogP contribution < -0.4 is 10.1 Å². The predicted octanol–water partition coefficient (Wildman–Crippen LogP) is 2.12. The fourth-order valence-corrected chi connectivity index (χ4v) is 2.66. The van der Waals surface area contributed by atoms with E-state index in [4.69, 9.17) is 4.74 Å². The number of rotatable bonds is 5. The molecule has 1 aliphatic rings. The lowest BCUT2D eigenvalue weighted by Gasteiger charge is -2.28. The normalized spacial score (nSPS) is 16.0. The minimum absolute atomic E-state index is 0. The molecule has 1 atom stereocenters. The molecule has 1 amide bonds. The topological polar surface area (TPSA) is 41.6 Å². The van der Waals surface area contributed by atoms with E-state index in [0.29, 0.717) is 12.3 Å². The van der Waals surface area contributed by atoms with Crippen LogP contribution in [0.4, 0.5) is 0 Å². The molecule has 1 fully saturated rings. The molecule has 5 heteroatoms. The average molecular weight is 313 g/mol. The monoisotopic (exact) mass is 312 g/mol. The van der Waals surface area contributed by atoms with Crippen LogP contribution in [0, 0.1) is 5.92 Å². The van der Waals surface area contributed by atoms with Gasteiger partial charge in [0.15, 0.2) is 0 Å². The number of hydrogen-bond donors (Lipinski definition) is 1. The molecular weight excluding hydrogens is 288 g/mol. The first-order chi connectivity index (χ1) is 9.70. The Bertz CT molecular complexity index is 448. The molecule has 0 saturated carbocycles. The number of nitrogens with zero attached hydrogens (tertiary/aromatic N) is 1. The van der Waals surface area contributed by atoms with Crippen molar-refractivity contribution >= 4 is 18.3 Å². The summed E-state index contributed by atoms with van der Waals surface area (Å²) in [6.45, 7) is 5.62. The minimum Gasteiger partial charge on any atom is -0.496 e. The van der Waals surface area contributed by atoms with Gasteiger partial charge in [-0.1, -0.05) is 25.1 Å². The van der Waals surface area contributed by atoms with Crippen molar-refractivity contribution in [2.24, 2.45) is 5.92 Å². The van der Waals surface area contributed by atoms with Crippen LogP contribution in [0.25, 0.3) is 0 Å². The van der Waals surface area contributed by atoms with E-state index in [1.165, 1.54) is 5.56 Å². The molecule has 2 rings (SSSR count). The summed E-state index contributed by atoms with van der Waals surface area (Å²) in [7, 11) is 1.69. The Morgan fingerprint density at radius 2 is 2.00 bits per heavy atom. The lowest BCUT2D eigenvalue weighted by Crippen LogP contribution is -2.46. The Labute approximate surface area is 133 Å². The van der Waals surface area contributed by atoms with Crippen molar-refractivity contribution in [3.8, 4) is 5.75 Å². The maximum absolute atomic E-state index is 12.2. The van der Waals surface area contributed by atoms with Gasteiger partial charge in [-0.25, -0.2) is 0 Å². The lowest BCUT2D eigenvalue weighted by atomic mass is 9.96. The number of para-hydroxylation sites is 1.